The monoisotopic (exact) mass is 247 g/mol. The largest absolute Gasteiger partial charge is 0.301 e. The standard InChI is InChI=1S/C12H13N3OS/c1-8-10(7-9-3-5-13-6-4-9)11(16)15-12(14-8)17-2/h3-6H,7H2,1-2H3,(H,14,15,16). The first-order valence-electron chi connectivity index (χ1n) is 5.23. The van der Waals surface area contributed by atoms with Gasteiger partial charge in [-0.1, -0.05) is 11.8 Å². The number of aromatic nitrogens is 3. The van der Waals surface area contributed by atoms with E-state index in [1.165, 1.54) is 11.8 Å². The number of thioether (sulfide) groups is 1. The summed E-state index contributed by atoms with van der Waals surface area (Å²) in [5, 5.41) is 0.658. The summed E-state index contributed by atoms with van der Waals surface area (Å²) in [6.45, 7) is 1.87. The van der Waals surface area contributed by atoms with Crippen LogP contribution in [0.25, 0.3) is 0 Å². The number of nitrogens with one attached hydrogen (secondary N) is 1. The van der Waals surface area contributed by atoms with Crippen molar-refractivity contribution in [3.8, 4) is 0 Å². The summed E-state index contributed by atoms with van der Waals surface area (Å²) in [6.07, 6.45) is 5.93. The Morgan fingerprint density at radius 1 is 1.35 bits per heavy atom. The SMILES string of the molecule is CSc1nc(C)c(Cc2ccncc2)c(=O)[nH]1. The van der Waals surface area contributed by atoms with E-state index in [1.54, 1.807) is 12.4 Å². The van der Waals surface area contributed by atoms with Crippen molar-refractivity contribution in [2.24, 2.45) is 0 Å². The second-order valence-corrected chi connectivity index (χ2v) is 4.47. The third-order valence-electron chi connectivity index (χ3n) is 2.52. The van der Waals surface area contributed by atoms with Gasteiger partial charge < -0.3 is 4.98 Å². The highest BCUT2D eigenvalue weighted by atomic mass is 32.2. The van der Waals surface area contributed by atoms with Crippen LogP contribution in [-0.2, 0) is 6.42 Å². The summed E-state index contributed by atoms with van der Waals surface area (Å²) in [6, 6.07) is 3.81. The van der Waals surface area contributed by atoms with E-state index in [2.05, 4.69) is 15.0 Å². The summed E-state index contributed by atoms with van der Waals surface area (Å²) >= 11 is 1.44. The van der Waals surface area contributed by atoms with E-state index < -0.39 is 0 Å². The fourth-order valence-corrected chi connectivity index (χ4v) is 2.02. The average molecular weight is 247 g/mol. The summed E-state index contributed by atoms with van der Waals surface area (Å²) in [5.74, 6) is 0. The Morgan fingerprint density at radius 3 is 2.65 bits per heavy atom. The molecule has 2 aromatic rings. The molecule has 0 radical (unpaired) electrons. The van der Waals surface area contributed by atoms with Gasteiger partial charge >= 0.3 is 0 Å². The van der Waals surface area contributed by atoms with Crippen molar-refractivity contribution in [2.45, 2.75) is 18.5 Å². The Kier molecular flexibility index (Phi) is 3.58. The minimum Gasteiger partial charge on any atom is -0.301 e. The lowest BCUT2D eigenvalue weighted by atomic mass is 10.1. The van der Waals surface area contributed by atoms with Crippen LogP contribution in [0.15, 0.2) is 34.5 Å². The second kappa shape index (κ2) is 5.14. The van der Waals surface area contributed by atoms with E-state index in [4.69, 9.17) is 0 Å². The molecule has 5 heteroatoms. The summed E-state index contributed by atoms with van der Waals surface area (Å²) in [5.41, 5.74) is 2.51. The molecule has 17 heavy (non-hydrogen) atoms. The Hall–Kier alpha value is -1.62. The van der Waals surface area contributed by atoms with Crippen LogP contribution in [0.3, 0.4) is 0 Å². The molecule has 2 aromatic heterocycles. The van der Waals surface area contributed by atoms with Crippen molar-refractivity contribution < 1.29 is 0 Å². The highest BCUT2D eigenvalue weighted by molar-refractivity contribution is 7.98. The van der Waals surface area contributed by atoms with Crippen molar-refractivity contribution in [1.82, 2.24) is 15.0 Å². The third-order valence-corrected chi connectivity index (χ3v) is 3.10. The molecule has 0 aliphatic heterocycles. The maximum Gasteiger partial charge on any atom is 0.255 e. The Bertz CT molecular complexity index is 566. The van der Waals surface area contributed by atoms with Gasteiger partial charge in [0.1, 0.15) is 0 Å². The highest BCUT2D eigenvalue weighted by Crippen LogP contribution is 2.11. The number of H-pyrrole nitrogens is 1. The number of hydrogen-bond acceptors (Lipinski definition) is 4. The van der Waals surface area contributed by atoms with Crippen molar-refractivity contribution in [1.29, 1.82) is 0 Å². The zero-order chi connectivity index (χ0) is 12.3. The van der Waals surface area contributed by atoms with Gasteiger partial charge in [-0.05, 0) is 30.9 Å². The molecule has 0 saturated heterocycles. The minimum absolute atomic E-state index is 0.0568. The number of rotatable bonds is 3. The molecular weight excluding hydrogens is 234 g/mol. The number of nitrogens with zero attached hydrogens (tertiary/aromatic N) is 2. The maximum atomic E-state index is 11.9. The van der Waals surface area contributed by atoms with E-state index in [1.807, 2.05) is 25.3 Å². The first kappa shape index (κ1) is 11.9. The fourth-order valence-electron chi connectivity index (χ4n) is 1.59. The summed E-state index contributed by atoms with van der Waals surface area (Å²) in [7, 11) is 0. The lowest BCUT2D eigenvalue weighted by Gasteiger charge is -2.05. The van der Waals surface area contributed by atoms with Crippen LogP contribution in [0.5, 0.6) is 0 Å². The van der Waals surface area contributed by atoms with E-state index in [9.17, 15) is 4.79 Å². The highest BCUT2D eigenvalue weighted by Gasteiger charge is 2.08. The second-order valence-electron chi connectivity index (χ2n) is 3.67. The summed E-state index contributed by atoms with van der Waals surface area (Å²) < 4.78 is 0. The van der Waals surface area contributed by atoms with Gasteiger partial charge in [-0.2, -0.15) is 0 Å². The topological polar surface area (TPSA) is 58.6 Å². The molecule has 4 nitrogen and oxygen atoms in total. The van der Waals surface area contributed by atoms with Crippen LogP contribution in [0, 0.1) is 6.92 Å². The molecule has 0 bridgehead atoms. The Labute approximate surface area is 104 Å². The molecule has 0 atom stereocenters. The van der Waals surface area contributed by atoms with Crippen molar-refractivity contribution in [3.63, 3.8) is 0 Å². The number of aryl methyl sites for hydroxylation is 1. The number of pyridine rings is 1. The third kappa shape index (κ3) is 2.74. The molecule has 2 heterocycles. The van der Waals surface area contributed by atoms with Gasteiger partial charge in [0, 0.05) is 30.1 Å². The lowest BCUT2D eigenvalue weighted by molar-refractivity contribution is 0.868. The van der Waals surface area contributed by atoms with Crippen molar-refractivity contribution >= 4 is 11.8 Å². The first-order chi connectivity index (χ1) is 8.20. The molecular formula is C12H13N3OS. The first-order valence-corrected chi connectivity index (χ1v) is 6.46. The quantitative estimate of drug-likeness (QED) is 0.663. The van der Waals surface area contributed by atoms with Crippen molar-refractivity contribution in [3.05, 3.63) is 51.7 Å². The number of hydrogen-bond donors (Lipinski definition) is 1. The minimum atomic E-state index is -0.0568. The van der Waals surface area contributed by atoms with E-state index in [0.717, 1.165) is 11.3 Å². The van der Waals surface area contributed by atoms with Crippen LogP contribution >= 0.6 is 11.8 Å². The average Bonchev–Trinajstić information content (AvgIpc) is 2.35. The van der Waals surface area contributed by atoms with Gasteiger partial charge in [-0.25, -0.2) is 4.98 Å². The molecule has 88 valence electrons. The Morgan fingerprint density at radius 2 is 2.06 bits per heavy atom. The molecule has 0 saturated carbocycles. The van der Waals surface area contributed by atoms with Crippen LogP contribution in [-0.4, -0.2) is 21.2 Å². The fraction of sp³-hybridized carbons (Fsp3) is 0.250. The molecule has 2 rings (SSSR count). The molecule has 0 spiro atoms. The van der Waals surface area contributed by atoms with Crippen LogP contribution < -0.4 is 5.56 Å². The molecule has 1 N–H and O–H groups in total. The zero-order valence-electron chi connectivity index (χ0n) is 9.73. The maximum absolute atomic E-state index is 11.9. The van der Waals surface area contributed by atoms with E-state index >= 15 is 0 Å². The Balaban J connectivity index is 2.37. The van der Waals surface area contributed by atoms with Crippen LogP contribution in [0.2, 0.25) is 0 Å². The van der Waals surface area contributed by atoms with E-state index in [0.29, 0.717) is 17.1 Å². The van der Waals surface area contributed by atoms with E-state index in [-0.39, 0.29) is 5.56 Å². The predicted molar refractivity (Wildman–Crippen MR) is 68.4 cm³/mol. The van der Waals surface area contributed by atoms with Gasteiger partial charge in [0.2, 0.25) is 0 Å². The van der Waals surface area contributed by atoms with Crippen LogP contribution in [0.1, 0.15) is 16.8 Å². The molecule has 0 unspecified atom stereocenters. The van der Waals surface area contributed by atoms with Crippen molar-refractivity contribution in [2.75, 3.05) is 6.26 Å². The van der Waals surface area contributed by atoms with Gasteiger partial charge in [-0.15, -0.1) is 0 Å². The smallest absolute Gasteiger partial charge is 0.255 e. The van der Waals surface area contributed by atoms with Gasteiger partial charge in [0.25, 0.3) is 5.56 Å². The van der Waals surface area contributed by atoms with Gasteiger partial charge in [-0.3, -0.25) is 9.78 Å². The lowest BCUT2D eigenvalue weighted by Crippen LogP contribution is -2.17. The molecule has 0 aliphatic rings. The zero-order valence-corrected chi connectivity index (χ0v) is 10.5. The predicted octanol–water partition coefficient (Wildman–Crippen LogP) is 1.79. The molecule has 0 aromatic carbocycles. The van der Waals surface area contributed by atoms with Gasteiger partial charge in [0.05, 0.1) is 0 Å². The molecule has 0 fully saturated rings. The van der Waals surface area contributed by atoms with Crippen LogP contribution in [0.4, 0.5) is 0 Å². The normalized spacial score (nSPS) is 10.5. The molecule has 0 amide bonds. The molecule has 0 aliphatic carbocycles. The van der Waals surface area contributed by atoms with Gasteiger partial charge in [0.15, 0.2) is 5.16 Å². The summed E-state index contributed by atoms with van der Waals surface area (Å²) in [4.78, 5) is 23.0. The number of aromatic amines is 1.